The number of halogens is 1. The molecule has 1 N–H and O–H groups in total. The quantitative estimate of drug-likeness (QED) is 0.383. The molecule has 0 spiro atoms. The van der Waals surface area contributed by atoms with Gasteiger partial charge < -0.3 is 15.0 Å². The van der Waals surface area contributed by atoms with Crippen LogP contribution < -0.4 is 5.32 Å². The van der Waals surface area contributed by atoms with Crippen molar-refractivity contribution in [3.05, 3.63) is 30.3 Å². The highest BCUT2D eigenvalue weighted by Crippen LogP contribution is 2.14. The number of nitrogens with zero attached hydrogens (tertiary/aromatic N) is 2. The van der Waals surface area contributed by atoms with E-state index in [0.717, 1.165) is 38.5 Å². The smallest absolute Gasteiger partial charge is 0.193 e. The van der Waals surface area contributed by atoms with Crippen molar-refractivity contribution in [1.82, 2.24) is 10.2 Å². The lowest BCUT2D eigenvalue weighted by molar-refractivity contribution is 0.0264. The molecule has 0 radical (unpaired) electrons. The fourth-order valence-corrected chi connectivity index (χ4v) is 4.02. The molecule has 8 heteroatoms. The van der Waals surface area contributed by atoms with Gasteiger partial charge >= 0.3 is 0 Å². The molecule has 1 aromatic rings. The molecule has 0 amide bonds. The van der Waals surface area contributed by atoms with Gasteiger partial charge in [-0.15, -0.1) is 24.0 Å². The van der Waals surface area contributed by atoms with Crippen LogP contribution >= 0.6 is 24.0 Å². The van der Waals surface area contributed by atoms with Gasteiger partial charge in [0.25, 0.3) is 0 Å². The summed E-state index contributed by atoms with van der Waals surface area (Å²) in [6.07, 6.45) is 2.26. The van der Waals surface area contributed by atoms with E-state index in [-0.39, 0.29) is 29.7 Å². The van der Waals surface area contributed by atoms with Gasteiger partial charge in [-0.2, -0.15) is 0 Å². The Morgan fingerprint density at radius 3 is 2.48 bits per heavy atom. The first-order valence-electron chi connectivity index (χ1n) is 8.42. The number of benzene rings is 1. The van der Waals surface area contributed by atoms with Gasteiger partial charge in [0, 0.05) is 33.3 Å². The average Bonchev–Trinajstić information content (AvgIpc) is 2.61. The molecule has 0 saturated carbocycles. The molecule has 0 unspecified atom stereocenters. The molecule has 0 atom stereocenters. The molecule has 6 nitrogen and oxygen atoms in total. The second-order valence-electron chi connectivity index (χ2n) is 5.75. The number of aliphatic imine (C=N–C) groups is 1. The minimum absolute atomic E-state index is 0. The van der Waals surface area contributed by atoms with Crippen LogP contribution in [0.5, 0.6) is 0 Å². The first kappa shape index (κ1) is 22.2. The fourth-order valence-electron chi connectivity index (χ4n) is 2.85. The molecule has 1 heterocycles. The van der Waals surface area contributed by atoms with Crippen molar-refractivity contribution < 1.29 is 13.2 Å². The SMILES string of the molecule is CCOC1CCN(C(=NC)NCCS(=O)(=O)c2ccccc2)CC1.I. The summed E-state index contributed by atoms with van der Waals surface area (Å²) < 4.78 is 30.2. The second kappa shape index (κ2) is 11.0. The van der Waals surface area contributed by atoms with Gasteiger partial charge in [0.05, 0.1) is 16.8 Å². The van der Waals surface area contributed by atoms with E-state index in [1.807, 2.05) is 13.0 Å². The maximum Gasteiger partial charge on any atom is 0.193 e. The third kappa shape index (κ3) is 6.74. The number of ether oxygens (including phenoxy) is 1. The first-order valence-corrected chi connectivity index (χ1v) is 10.1. The van der Waals surface area contributed by atoms with Crippen molar-refractivity contribution in [3.63, 3.8) is 0 Å². The van der Waals surface area contributed by atoms with Gasteiger partial charge in [0.15, 0.2) is 15.8 Å². The zero-order valence-corrected chi connectivity index (χ0v) is 18.0. The molecule has 1 aliphatic heterocycles. The van der Waals surface area contributed by atoms with Crippen LogP contribution in [0.3, 0.4) is 0 Å². The van der Waals surface area contributed by atoms with Gasteiger partial charge in [-0.25, -0.2) is 8.42 Å². The maximum atomic E-state index is 12.3. The van der Waals surface area contributed by atoms with E-state index in [9.17, 15) is 8.42 Å². The minimum atomic E-state index is -3.27. The summed E-state index contributed by atoms with van der Waals surface area (Å²) in [5.41, 5.74) is 0. The highest BCUT2D eigenvalue weighted by atomic mass is 127. The van der Waals surface area contributed by atoms with E-state index in [2.05, 4.69) is 15.2 Å². The lowest BCUT2D eigenvalue weighted by Gasteiger charge is -2.34. The molecule has 25 heavy (non-hydrogen) atoms. The Morgan fingerprint density at radius 2 is 1.92 bits per heavy atom. The van der Waals surface area contributed by atoms with Gasteiger partial charge in [0.2, 0.25) is 0 Å². The van der Waals surface area contributed by atoms with Gasteiger partial charge in [-0.05, 0) is 31.9 Å². The van der Waals surface area contributed by atoms with E-state index in [0.29, 0.717) is 17.5 Å². The summed E-state index contributed by atoms with van der Waals surface area (Å²) in [7, 11) is -1.54. The maximum absolute atomic E-state index is 12.3. The third-order valence-electron chi connectivity index (χ3n) is 4.11. The van der Waals surface area contributed by atoms with Crippen LogP contribution in [0, 0.1) is 0 Å². The van der Waals surface area contributed by atoms with Crippen molar-refractivity contribution in [1.29, 1.82) is 0 Å². The van der Waals surface area contributed by atoms with E-state index in [1.165, 1.54) is 0 Å². The van der Waals surface area contributed by atoms with Crippen LogP contribution in [0.4, 0.5) is 0 Å². The lowest BCUT2D eigenvalue weighted by atomic mass is 10.1. The zero-order valence-electron chi connectivity index (χ0n) is 14.8. The van der Waals surface area contributed by atoms with Crippen molar-refractivity contribution in [2.45, 2.75) is 30.8 Å². The Balaban J connectivity index is 0.00000312. The van der Waals surface area contributed by atoms with Crippen LogP contribution in [0.2, 0.25) is 0 Å². The summed E-state index contributed by atoms with van der Waals surface area (Å²) >= 11 is 0. The molecule has 0 bridgehead atoms. The predicted molar refractivity (Wildman–Crippen MR) is 111 cm³/mol. The Bertz CT molecular complexity index is 630. The highest BCUT2D eigenvalue weighted by Gasteiger charge is 2.22. The minimum Gasteiger partial charge on any atom is -0.378 e. The van der Waals surface area contributed by atoms with Crippen LogP contribution in [0.15, 0.2) is 40.2 Å². The zero-order chi connectivity index (χ0) is 17.4. The van der Waals surface area contributed by atoms with E-state index >= 15 is 0 Å². The fraction of sp³-hybridized carbons (Fsp3) is 0.588. The highest BCUT2D eigenvalue weighted by molar-refractivity contribution is 14.0. The summed E-state index contributed by atoms with van der Waals surface area (Å²) in [6, 6.07) is 8.54. The molecule has 1 saturated heterocycles. The molecule has 1 aromatic carbocycles. The molecule has 0 aliphatic carbocycles. The third-order valence-corrected chi connectivity index (χ3v) is 5.84. The molecule has 0 aromatic heterocycles. The van der Waals surface area contributed by atoms with Crippen molar-refractivity contribution in [2.75, 3.05) is 39.0 Å². The molecular formula is C17H28IN3O3S. The molecule has 142 valence electrons. The molecule has 2 rings (SSSR count). The van der Waals surface area contributed by atoms with Crippen molar-refractivity contribution in [3.8, 4) is 0 Å². The Hall–Kier alpha value is -0.870. The van der Waals surface area contributed by atoms with E-state index < -0.39 is 9.84 Å². The van der Waals surface area contributed by atoms with E-state index in [1.54, 1.807) is 31.3 Å². The molecule has 1 aliphatic rings. The summed E-state index contributed by atoms with van der Waals surface area (Å²) in [5, 5.41) is 3.17. The van der Waals surface area contributed by atoms with Gasteiger partial charge in [-0.3, -0.25) is 4.99 Å². The number of rotatable bonds is 6. The predicted octanol–water partition coefficient (Wildman–Crippen LogP) is 2.15. The lowest BCUT2D eigenvalue weighted by Crippen LogP contribution is -2.47. The van der Waals surface area contributed by atoms with Crippen LogP contribution in [0.25, 0.3) is 0 Å². The number of nitrogens with one attached hydrogen (secondary N) is 1. The first-order chi connectivity index (χ1) is 11.6. The van der Waals surface area contributed by atoms with Crippen LogP contribution in [-0.4, -0.2) is 64.4 Å². The van der Waals surface area contributed by atoms with Crippen molar-refractivity contribution >= 4 is 39.8 Å². The number of likely N-dealkylation sites (tertiary alicyclic amines) is 1. The average molecular weight is 481 g/mol. The van der Waals surface area contributed by atoms with Crippen LogP contribution in [-0.2, 0) is 14.6 Å². The largest absolute Gasteiger partial charge is 0.378 e. The number of sulfone groups is 1. The number of guanidine groups is 1. The normalized spacial score (nSPS) is 16.4. The van der Waals surface area contributed by atoms with Crippen molar-refractivity contribution in [2.24, 2.45) is 4.99 Å². The standard InChI is InChI=1S/C17H27N3O3S.HI/c1-3-23-15-9-12-20(13-10-15)17(18-2)19-11-14-24(21,22)16-7-5-4-6-8-16;/h4-8,15H,3,9-14H2,1-2H3,(H,18,19);1H. The van der Waals surface area contributed by atoms with Gasteiger partial charge in [-0.1, -0.05) is 18.2 Å². The molecular weight excluding hydrogens is 453 g/mol. The Labute approximate surface area is 168 Å². The summed E-state index contributed by atoms with van der Waals surface area (Å²) in [4.78, 5) is 6.79. The van der Waals surface area contributed by atoms with Gasteiger partial charge in [0.1, 0.15) is 0 Å². The monoisotopic (exact) mass is 481 g/mol. The number of piperidine rings is 1. The number of hydrogen-bond acceptors (Lipinski definition) is 4. The van der Waals surface area contributed by atoms with E-state index in [4.69, 9.17) is 4.74 Å². The molecule has 1 fully saturated rings. The Morgan fingerprint density at radius 1 is 1.28 bits per heavy atom. The number of hydrogen-bond donors (Lipinski definition) is 1. The Kier molecular flexibility index (Phi) is 9.73. The summed E-state index contributed by atoms with van der Waals surface area (Å²) in [5.74, 6) is 0.805. The second-order valence-corrected chi connectivity index (χ2v) is 7.86. The van der Waals surface area contributed by atoms with Crippen LogP contribution in [0.1, 0.15) is 19.8 Å². The topological polar surface area (TPSA) is 71.0 Å². The summed E-state index contributed by atoms with van der Waals surface area (Å²) in [6.45, 7) is 4.84.